The minimum absolute atomic E-state index is 0.00357. The molecule has 0 atom stereocenters. The summed E-state index contributed by atoms with van der Waals surface area (Å²) in [6.07, 6.45) is 0. The highest BCUT2D eigenvalue weighted by Crippen LogP contribution is 2.33. The maximum absolute atomic E-state index is 12.8. The zero-order valence-electron chi connectivity index (χ0n) is 12.0. The van der Waals surface area contributed by atoms with Crippen molar-refractivity contribution in [2.75, 3.05) is 0 Å². The van der Waals surface area contributed by atoms with Gasteiger partial charge in [-0.05, 0) is 25.5 Å². The first kappa shape index (κ1) is 13.9. The Kier molecular flexibility index (Phi) is 3.56. The van der Waals surface area contributed by atoms with E-state index in [-0.39, 0.29) is 11.6 Å². The number of hydrogen-bond acceptors (Lipinski definition) is 1. The van der Waals surface area contributed by atoms with Gasteiger partial charge in [-0.2, -0.15) is 0 Å². The second kappa shape index (κ2) is 5.38. The van der Waals surface area contributed by atoms with Crippen LogP contribution in [0.3, 0.4) is 0 Å². The summed E-state index contributed by atoms with van der Waals surface area (Å²) in [5.74, 6) is 0. The summed E-state index contributed by atoms with van der Waals surface area (Å²) in [4.78, 5) is 12.8. The molecule has 0 radical (unpaired) electrons. The van der Waals surface area contributed by atoms with Gasteiger partial charge in [0, 0.05) is 16.8 Å². The maximum atomic E-state index is 12.8. The largest absolute Gasteiger partial charge is 0.304 e. The van der Waals surface area contributed by atoms with E-state index >= 15 is 0 Å². The number of rotatable bonds is 2. The molecule has 2 aromatic carbocycles. The fourth-order valence-electron chi connectivity index (χ4n) is 2.68. The van der Waals surface area contributed by atoms with Gasteiger partial charge in [-0.25, -0.2) is 0 Å². The first-order chi connectivity index (χ1) is 10.1. The molecule has 0 aliphatic heterocycles. The van der Waals surface area contributed by atoms with Crippen molar-refractivity contribution in [2.45, 2.75) is 19.9 Å². The highest BCUT2D eigenvalue weighted by Gasteiger charge is 2.18. The van der Waals surface area contributed by atoms with Crippen molar-refractivity contribution < 1.29 is 0 Å². The van der Waals surface area contributed by atoms with Crippen molar-refractivity contribution in [1.82, 2.24) is 4.57 Å². The minimum Gasteiger partial charge on any atom is -0.304 e. The number of pyridine rings is 1. The van der Waals surface area contributed by atoms with Gasteiger partial charge in [0.05, 0.1) is 10.7 Å². The topological polar surface area (TPSA) is 22.0 Å². The van der Waals surface area contributed by atoms with Crippen LogP contribution in [0.15, 0.2) is 59.4 Å². The van der Waals surface area contributed by atoms with Gasteiger partial charge in [0.1, 0.15) is 0 Å². The molecule has 1 heterocycles. The first-order valence-corrected chi connectivity index (χ1v) is 7.37. The molecule has 2 nitrogen and oxygen atoms in total. The lowest BCUT2D eigenvalue weighted by Gasteiger charge is -2.19. The molecule has 3 rings (SSSR count). The zero-order chi connectivity index (χ0) is 15.0. The third kappa shape index (κ3) is 2.26. The second-order valence-corrected chi connectivity index (χ2v) is 5.72. The molecule has 0 aliphatic rings. The van der Waals surface area contributed by atoms with Crippen LogP contribution in [0.1, 0.15) is 19.9 Å². The third-order valence-corrected chi connectivity index (χ3v) is 4.01. The van der Waals surface area contributed by atoms with E-state index in [2.05, 4.69) is 0 Å². The van der Waals surface area contributed by atoms with E-state index in [1.165, 1.54) is 0 Å². The fourth-order valence-corrected chi connectivity index (χ4v) is 3.05. The van der Waals surface area contributed by atoms with Crippen molar-refractivity contribution >= 4 is 22.4 Å². The fraction of sp³-hybridized carbons (Fsp3) is 0.167. The predicted octanol–water partition coefficient (Wildman–Crippen LogP) is 4.90. The summed E-state index contributed by atoms with van der Waals surface area (Å²) in [5.41, 5.74) is 1.75. The molecule has 0 bridgehead atoms. The summed E-state index contributed by atoms with van der Waals surface area (Å²) in [6.45, 7) is 4.00. The zero-order valence-corrected chi connectivity index (χ0v) is 12.8. The Hall–Kier alpha value is -2.06. The van der Waals surface area contributed by atoms with E-state index in [4.69, 9.17) is 11.6 Å². The molecule has 0 N–H and O–H groups in total. The van der Waals surface area contributed by atoms with Crippen LogP contribution < -0.4 is 5.56 Å². The van der Waals surface area contributed by atoms with Gasteiger partial charge in [-0.3, -0.25) is 4.79 Å². The van der Waals surface area contributed by atoms with Gasteiger partial charge >= 0.3 is 0 Å². The van der Waals surface area contributed by atoms with Gasteiger partial charge in [-0.1, -0.05) is 60.1 Å². The monoisotopic (exact) mass is 297 g/mol. The average Bonchev–Trinajstić information content (AvgIpc) is 2.51. The lowest BCUT2D eigenvalue weighted by Crippen LogP contribution is -2.24. The van der Waals surface area contributed by atoms with Crippen LogP contribution in [0.5, 0.6) is 0 Å². The van der Waals surface area contributed by atoms with E-state index in [1.807, 2.05) is 68.4 Å². The van der Waals surface area contributed by atoms with Gasteiger partial charge in [0.25, 0.3) is 5.56 Å². The number of aromatic nitrogens is 1. The SMILES string of the molecule is CC(C)n1c(-c2ccccc2)c(Cl)c2ccccc2c1=O. The molecule has 0 fully saturated rings. The molecule has 0 aliphatic carbocycles. The van der Waals surface area contributed by atoms with Crippen LogP contribution in [0, 0.1) is 0 Å². The Bertz CT molecular complexity index is 850. The number of halogens is 1. The van der Waals surface area contributed by atoms with Gasteiger partial charge < -0.3 is 4.57 Å². The van der Waals surface area contributed by atoms with Crippen molar-refractivity contribution in [3.8, 4) is 11.3 Å². The van der Waals surface area contributed by atoms with Crippen LogP contribution in [0.2, 0.25) is 5.02 Å². The standard InChI is InChI=1S/C18H16ClNO/c1-12(2)20-17(13-8-4-3-5-9-13)16(19)14-10-6-7-11-15(14)18(20)21/h3-12H,1-2H3. The molecule has 0 saturated carbocycles. The smallest absolute Gasteiger partial charge is 0.259 e. The molecule has 21 heavy (non-hydrogen) atoms. The summed E-state index contributed by atoms with van der Waals surface area (Å²) in [5, 5.41) is 2.10. The molecule has 0 spiro atoms. The van der Waals surface area contributed by atoms with Crippen molar-refractivity contribution in [1.29, 1.82) is 0 Å². The molecule has 3 aromatic rings. The first-order valence-electron chi connectivity index (χ1n) is 6.99. The quantitative estimate of drug-likeness (QED) is 0.659. The Labute approximate surface area is 128 Å². The summed E-state index contributed by atoms with van der Waals surface area (Å²) in [7, 11) is 0. The average molecular weight is 298 g/mol. The lowest BCUT2D eigenvalue weighted by molar-refractivity contribution is 0.589. The van der Waals surface area contributed by atoms with Gasteiger partial charge in [0.15, 0.2) is 0 Å². The Balaban J connectivity index is 2.51. The molecule has 106 valence electrons. The second-order valence-electron chi connectivity index (χ2n) is 5.34. The van der Waals surface area contributed by atoms with Gasteiger partial charge in [-0.15, -0.1) is 0 Å². The van der Waals surface area contributed by atoms with E-state index in [0.29, 0.717) is 10.4 Å². The third-order valence-electron chi connectivity index (χ3n) is 3.63. The molecule has 1 aromatic heterocycles. The van der Waals surface area contributed by atoms with Crippen molar-refractivity contribution in [2.24, 2.45) is 0 Å². The Morgan fingerprint density at radius 2 is 1.48 bits per heavy atom. The summed E-state index contributed by atoms with van der Waals surface area (Å²) >= 11 is 6.64. The van der Waals surface area contributed by atoms with E-state index in [9.17, 15) is 4.79 Å². The molecule has 0 unspecified atom stereocenters. The van der Waals surface area contributed by atoms with Gasteiger partial charge in [0.2, 0.25) is 0 Å². The number of nitrogens with zero attached hydrogens (tertiary/aromatic N) is 1. The molecular formula is C18H16ClNO. The lowest BCUT2D eigenvalue weighted by atomic mass is 10.1. The van der Waals surface area contributed by atoms with E-state index in [0.717, 1.165) is 16.6 Å². The van der Waals surface area contributed by atoms with Crippen LogP contribution >= 0.6 is 11.6 Å². The van der Waals surface area contributed by atoms with E-state index < -0.39 is 0 Å². The summed E-state index contributed by atoms with van der Waals surface area (Å²) < 4.78 is 1.78. The molecule has 0 saturated heterocycles. The van der Waals surface area contributed by atoms with Crippen molar-refractivity contribution in [3.05, 3.63) is 70.0 Å². The maximum Gasteiger partial charge on any atom is 0.259 e. The van der Waals surface area contributed by atoms with Crippen LogP contribution in [0.25, 0.3) is 22.0 Å². The van der Waals surface area contributed by atoms with E-state index in [1.54, 1.807) is 4.57 Å². The summed E-state index contributed by atoms with van der Waals surface area (Å²) in [6, 6.07) is 17.4. The normalized spacial score (nSPS) is 11.2. The Morgan fingerprint density at radius 1 is 0.905 bits per heavy atom. The van der Waals surface area contributed by atoms with Crippen LogP contribution in [0.4, 0.5) is 0 Å². The van der Waals surface area contributed by atoms with Crippen LogP contribution in [-0.2, 0) is 0 Å². The highest BCUT2D eigenvalue weighted by atomic mass is 35.5. The predicted molar refractivity (Wildman–Crippen MR) is 89.0 cm³/mol. The number of hydrogen-bond donors (Lipinski definition) is 0. The molecule has 3 heteroatoms. The van der Waals surface area contributed by atoms with Crippen LogP contribution in [-0.4, -0.2) is 4.57 Å². The molecule has 0 amide bonds. The van der Waals surface area contributed by atoms with Crippen molar-refractivity contribution in [3.63, 3.8) is 0 Å². The number of fused-ring (bicyclic) bond motifs is 1. The molecular weight excluding hydrogens is 282 g/mol. The highest BCUT2D eigenvalue weighted by molar-refractivity contribution is 6.38. The Morgan fingerprint density at radius 3 is 2.10 bits per heavy atom. The number of benzene rings is 2. The minimum atomic E-state index is 0.00357.